The summed E-state index contributed by atoms with van der Waals surface area (Å²) in [5.74, 6) is 0. The first-order chi connectivity index (χ1) is 8.70. The molecule has 0 spiro atoms. The average Bonchev–Trinajstić information content (AvgIpc) is 2.39. The number of aryl methyl sites for hydroxylation is 1. The van der Waals surface area contributed by atoms with Crippen LogP contribution in [0, 0.1) is 18.3 Å². The summed E-state index contributed by atoms with van der Waals surface area (Å²) in [5.41, 5.74) is 10.4. The molecule has 0 aliphatic heterocycles. The third-order valence-electron chi connectivity index (χ3n) is 2.91. The van der Waals surface area contributed by atoms with Gasteiger partial charge in [0, 0.05) is 6.54 Å². The lowest BCUT2D eigenvalue weighted by atomic mass is 10.1. The number of nitrogens with one attached hydrogen (secondary N) is 1. The van der Waals surface area contributed by atoms with Gasteiger partial charge in [0.2, 0.25) is 0 Å². The highest BCUT2D eigenvalue weighted by Crippen LogP contribution is 2.21. The molecule has 90 valence electrons. The molecule has 0 radical (unpaired) electrons. The number of anilines is 2. The van der Waals surface area contributed by atoms with Crippen molar-refractivity contribution in [2.45, 2.75) is 13.5 Å². The minimum Gasteiger partial charge on any atom is -0.397 e. The van der Waals surface area contributed by atoms with Crippen molar-refractivity contribution < 1.29 is 0 Å². The van der Waals surface area contributed by atoms with Crippen LogP contribution in [0.1, 0.15) is 16.7 Å². The van der Waals surface area contributed by atoms with Gasteiger partial charge in [0.1, 0.15) is 0 Å². The van der Waals surface area contributed by atoms with Crippen molar-refractivity contribution in [3.63, 3.8) is 0 Å². The Bertz CT molecular complexity index is 597. The highest BCUT2D eigenvalue weighted by atomic mass is 14.9. The molecule has 0 amide bonds. The van der Waals surface area contributed by atoms with Crippen molar-refractivity contribution in [1.82, 2.24) is 0 Å². The Hall–Kier alpha value is -2.47. The van der Waals surface area contributed by atoms with E-state index in [1.807, 2.05) is 12.1 Å². The van der Waals surface area contributed by atoms with Crippen LogP contribution in [0.25, 0.3) is 0 Å². The fourth-order valence-electron chi connectivity index (χ4n) is 1.78. The summed E-state index contributed by atoms with van der Waals surface area (Å²) in [7, 11) is 0. The molecular weight excluding hydrogens is 222 g/mol. The minimum atomic E-state index is 0.608. The largest absolute Gasteiger partial charge is 0.397 e. The number of rotatable bonds is 3. The molecule has 18 heavy (non-hydrogen) atoms. The molecule has 0 saturated carbocycles. The highest BCUT2D eigenvalue weighted by Gasteiger charge is 2.02. The van der Waals surface area contributed by atoms with Gasteiger partial charge in [0.15, 0.2) is 0 Å². The summed E-state index contributed by atoms with van der Waals surface area (Å²) >= 11 is 0. The second-order valence-electron chi connectivity index (χ2n) is 4.19. The van der Waals surface area contributed by atoms with E-state index >= 15 is 0 Å². The molecule has 2 aromatic carbocycles. The molecule has 0 aliphatic carbocycles. The summed E-state index contributed by atoms with van der Waals surface area (Å²) in [5, 5.41) is 12.1. The van der Waals surface area contributed by atoms with Gasteiger partial charge >= 0.3 is 0 Å². The molecule has 0 atom stereocenters. The van der Waals surface area contributed by atoms with E-state index < -0.39 is 0 Å². The van der Waals surface area contributed by atoms with E-state index in [9.17, 15) is 0 Å². The number of benzene rings is 2. The quantitative estimate of drug-likeness (QED) is 0.806. The number of nitrogens with zero attached hydrogens (tertiary/aromatic N) is 1. The van der Waals surface area contributed by atoms with E-state index in [0.717, 1.165) is 5.69 Å². The second kappa shape index (κ2) is 5.24. The van der Waals surface area contributed by atoms with E-state index in [1.165, 1.54) is 11.1 Å². The molecule has 0 bridgehead atoms. The first-order valence-corrected chi connectivity index (χ1v) is 5.78. The lowest BCUT2D eigenvalue weighted by molar-refractivity contribution is 1.12. The molecule has 0 saturated heterocycles. The Morgan fingerprint density at radius 1 is 1.22 bits per heavy atom. The molecule has 3 nitrogen and oxygen atoms in total. The number of nitrogens with two attached hydrogens (primary N) is 1. The van der Waals surface area contributed by atoms with Crippen LogP contribution in [-0.4, -0.2) is 0 Å². The third-order valence-corrected chi connectivity index (χ3v) is 2.91. The molecule has 0 unspecified atom stereocenters. The normalized spacial score (nSPS) is 9.78. The Morgan fingerprint density at radius 3 is 2.72 bits per heavy atom. The van der Waals surface area contributed by atoms with E-state index in [0.29, 0.717) is 17.8 Å². The summed E-state index contributed by atoms with van der Waals surface area (Å²) in [4.78, 5) is 0. The third kappa shape index (κ3) is 2.61. The zero-order valence-corrected chi connectivity index (χ0v) is 10.3. The van der Waals surface area contributed by atoms with Gasteiger partial charge < -0.3 is 11.1 Å². The molecule has 3 N–H and O–H groups in total. The molecule has 2 rings (SSSR count). The minimum absolute atomic E-state index is 0.608. The van der Waals surface area contributed by atoms with Crippen LogP contribution in [0.3, 0.4) is 0 Å². The summed E-state index contributed by atoms with van der Waals surface area (Å²) in [6, 6.07) is 15.5. The Balaban J connectivity index is 2.16. The predicted octanol–water partition coefficient (Wildman–Crippen LogP) is 3.06. The van der Waals surface area contributed by atoms with Crippen LogP contribution in [0.4, 0.5) is 11.4 Å². The SMILES string of the molecule is Cc1ccccc1CNc1cc(C#N)ccc1N. The number of hydrogen-bond donors (Lipinski definition) is 2. The molecule has 0 fully saturated rings. The standard InChI is InChI=1S/C15H15N3/c1-11-4-2-3-5-13(11)10-18-15-8-12(9-16)6-7-14(15)17/h2-8,18H,10,17H2,1H3. The van der Waals surface area contributed by atoms with Gasteiger partial charge in [0.05, 0.1) is 23.0 Å². The van der Waals surface area contributed by atoms with E-state index in [1.54, 1.807) is 18.2 Å². The Morgan fingerprint density at radius 2 is 2.00 bits per heavy atom. The maximum Gasteiger partial charge on any atom is 0.0992 e. The van der Waals surface area contributed by atoms with Gasteiger partial charge in [0.25, 0.3) is 0 Å². The van der Waals surface area contributed by atoms with Gasteiger partial charge in [-0.1, -0.05) is 24.3 Å². The number of nitriles is 1. The lowest BCUT2D eigenvalue weighted by Gasteiger charge is -2.11. The summed E-state index contributed by atoms with van der Waals surface area (Å²) < 4.78 is 0. The van der Waals surface area contributed by atoms with E-state index in [-0.39, 0.29) is 0 Å². The van der Waals surface area contributed by atoms with Crippen molar-refractivity contribution >= 4 is 11.4 Å². The van der Waals surface area contributed by atoms with Gasteiger partial charge in [-0.25, -0.2) is 0 Å². The van der Waals surface area contributed by atoms with Crippen molar-refractivity contribution in [2.75, 3.05) is 11.1 Å². The maximum absolute atomic E-state index is 8.86. The van der Waals surface area contributed by atoms with E-state index in [4.69, 9.17) is 11.0 Å². The second-order valence-corrected chi connectivity index (χ2v) is 4.19. The van der Waals surface area contributed by atoms with Gasteiger partial charge in [-0.3, -0.25) is 0 Å². The molecule has 3 heteroatoms. The van der Waals surface area contributed by atoms with Crippen molar-refractivity contribution in [3.05, 3.63) is 59.2 Å². The molecule has 0 heterocycles. The van der Waals surface area contributed by atoms with Crippen LogP contribution in [0.15, 0.2) is 42.5 Å². The van der Waals surface area contributed by atoms with Crippen molar-refractivity contribution in [2.24, 2.45) is 0 Å². The van der Waals surface area contributed by atoms with Gasteiger partial charge in [-0.05, 0) is 36.2 Å². The first kappa shape index (κ1) is 12.0. The highest BCUT2D eigenvalue weighted by molar-refractivity contribution is 5.68. The van der Waals surface area contributed by atoms with Crippen molar-refractivity contribution in [3.8, 4) is 6.07 Å². The van der Waals surface area contributed by atoms with Crippen LogP contribution in [-0.2, 0) is 6.54 Å². The van der Waals surface area contributed by atoms with Crippen LogP contribution >= 0.6 is 0 Å². The van der Waals surface area contributed by atoms with Crippen molar-refractivity contribution in [1.29, 1.82) is 5.26 Å². The average molecular weight is 237 g/mol. The number of hydrogen-bond acceptors (Lipinski definition) is 3. The predicted molar refractivity (Wildman–Crippen MR) is 74.1 cm³/mol. The Kier molecular flexibility index (Phi) is 3.49. The van der Waals surface area contributed by atoms with Crippen LogP contribution in [0.2, 0.25) is 0 Å². The van der Waals surface area contributed by atoms with Crippen LogP contribution in [0.5, 0.6) is 0 Å². The summed E-state index contributed by atoms with van der Waals surface area (Å²) in [6.45, 7) is 2.78. The van der Waals surface area contributed by atoms with Gasteiger partial charge in [-0.15, -0.1) is 0 Å². The zero-order chi connectivity index (χ0) is 13.0. The molecule has 0 aromatic heterocycles. The lowest BCUT2D eigenvalue weighted by Crippen LogP contribution is -2.04. The fourth-order valence-corrected chi connectivity index (χ4v) is 1.78. The van der Waals surface area contributed by atoms with Crippen LogP contribution < -0.4 is 11.1 Å². The number of nitrogen functional groups attached to an aromatic ring is 1. The van der Waals surface area contributed by atoms with E-state index in [2.05, 4.69) is 30.4 Å². The monoisotopic (exact) mass is 237 g/mol. The molecule has 2 aromatic rings. The zero-order valence-electron chi connectivity index (χ0n) is 10.3. The first-order valence-electron chi connectivity index (χ1n) is 5.78. The summed E-state index contributed by atoms with van der Waals surface area (Å²) in [6.07, 6.45) is 0. The fraction of sp³-hybridized carbons (Fsp3) is 0.133. The van der Waals surface area contributed by atoms with Gasteiger partial charge in [-0.2, -0.15) is 5.26 Å². The maximum atomic E-state index is 8.86. The Labute approximate surface area is 107 Å². The molecular formula is C15H15N3. The topological polar surface area (TPSA) is 61.8 Å². The smallest absolute Gasteiger partial charge is 0.0992 e. The molecule has 0 aliphatic rings.